The Hall–Kier alpha value is -2.54. The summed E-state index contributed by atoms with van der Waals surface area (Å²) in [6.45, 7) is 0.690. The van der Waals surface area contributed by atoms with Crippen molar-refractivity contribution < 1.29 is 4.74 Å². The van der Waals surface area contributed by atoms with Gasteiger partial charge in [-0.3, -0.25) is 0 Å². The maximum atomic E-state index is 5.78. The van der Waals surface area contributed by atoms with Gasteiger partial charge in [-0.05, 0) is 44.8 Å². The van der Waals surface area contributed by atoms with Crippen LogP contribution in [0.25, 0.3) is 22.9 Å². The van der Waals surface area contributed by atoms with Gasteiger partial charge in [0, 0.05) is 10.6 Å². The minimum absolute atomic E-state index is 0.690. The normalized spacial score (nSPS) is 14.0. The van der Waals surface area contributed by atoms with Crippen molar-refractivity contribution in [3.8, 4) is 5.75 Å². The van der Waals surface area contributed by atoms with Crippen LogP contribution in [0.15, 0.2) is 48.5 Å². The number of fused-ring (bicyclic) bond motifs is 6. The molecular weight excluding hydrogens is 244 g/mol. The molecule has 3 aromatic rings. The third-order valence-corrected chi connectivity index (χ3v) is 4.31. The van der Waals surface area contributed by atoms with Gasteiger partial charge in [-0.25, -0.2) is 0 Å². The first kappa shape index (κ1) is 10.3. The largest absolute Gasteiger partial charge is 0.488 e. The lowest BCUT2D eigenvalue weighted by molar-refractivity contribution is 0.390. The molecule has 1 heteroatoms. The van der Waals surface area contributed by atoms with E-state index in [1.54, 1.807) is 0 Å². The van der Waals surface area contributed by atoms with Crippen LogP contribution in [0, 0.1) is 10.4 Å². The Labute approximate surface area is 115 Å². The lowest BCUT2D eigenvalue weighted by Crippen LogP contribution is -1.99. The average Bonchev–Trinajstić information content (AvgIpc) is 3.11. The van der Waals surface area contributed by atoms with E-state index in [1.165, 1.54) is 37.2 Å². The smallest absolute Gasteiger partial charge is 0.134 e. The molecule has 1 aliphatic carbocycles. The van der Waals surface area contributed by atoms with E-state index in [-0.39, 0.29) is 0 Å². The van der Waals surface area contributed by atoms with Gasteiger partial charge in [-0.15, -0.1) is 0 Å². The molecule has 3 aromatic carbocycles. The average molecular weight is 256 g/mol. The molecule has 94 valence electrons. The summed E-state index contributed by atoms with van der Waals surface area (Å²) in [7, 11) is 0. The number of hydrogen-bond donors (Lipinski definition) is 0. The van der Waals surface area contributed by atoms with Crippen LogP contribution in [0.1, 0.15) is 5.56 Å². The zero-order valence-electron chi connectivity index (χ0n) is 10.9. The van der Waals surface area contributed by atoms with E-state index in [0.29, 0.717) is 6.61 Å². The summed E-state index contributed by atoms with van der Waals surface area (Å²) in [5.41, 5.74) is 1.32. The minimum atomic E-state index is 0.690. The molecular formula is C19H12O. The number of benzene rings is 3. The number of hydrogen-bond acceptors (Lipinski definition) is 1. The molecule has 0 amide bonds. The zero-order chi connectivity index (χ0) is 13.1. The molecule has 0 bridgehead atoms. The van der Waals surface area contributed by atoms with Crippen LogP contribution in [0.3, 0.4) is 0 Å². The summed E-state index contributed by atoms with van der Waals surface area (Å²) in [6, 6.07) is 17.4. The molecule has 1 heterocycles. The Balaban J connectivity index is 2.05. The maximum Gasteiger partial charge on any atom is 0.134 e. The van der Waals surface area contributed by atoms with E-state index in [2.05, 4.69) is 60.7 Å². The lowest BCUT2D eigenvalue weighted by Gasteiger charge is -2.06. The third kappa shape index (κ3) is 1.17. The second kappa shape index (κ2) is 3.51. The van der Waals surface area contributed by atoms with Crippen molar-refractivity contribution in [2.24, 2.45) is 0 Å². The molecule has 1 aliphatic heterocycles. The molecule has 0 unspecified atom stereocenters. The number of rotatable bonds is 0. The van der Waals surface area contributed by atoms with E-state index in [4.69, 9.17) is 4.74 Å². The predicted molar refractivity (Wildman–Crippen MR) is 80.8 cm³/mol. The third-order valence-electron chi connectivity index (χ3n) is 4.31. The molecule has 0 N–H and O–H groups in total. The summed E-state index contributed by atoms with van der Waals surface area (Å²) in [6.07, 6.45) is 4.43. The first-order chi connectivity index (χ1) is 9.92. The fourth-order valence-electron chi connectivity index (χ4n) is 3.37. The highest BCUT2D eigenvalue weighted by Crippen LogP contribution is 2.29. The Morgan fingerprint density at radius 2 is 1.65 bits per heavy atom. The van der Waals surface area contributed by atoms with Crippen molar-refractivity contribution in [3.05, 3.63) is 75.0 Å². The Bertz CT molecular complexity index is 1090. The molecule has 0 atom stereocenters. The van der Waals surface area contributed by atoms with E-state index in [0.717, 1.165) is 5.75 Å². The van der Waals surface area contributed by atoms with Crippen molar-refractivity contribution in [1.82, 2.24) is 0 Å². The van der Waals surface area contributed by atoms with Crippen molar-refractivity contribution in [1.29, 1.82) is 0 Å². The van der Waals surface area contributed by atoms with Crippen LogP contribution in [-0.4, -0.2) is 6.61 Å². The first-order valence-corrected chi connectivity index (χ1v) is 6.92. The van der Waals surface area contributed by atoms with Gasteiger partial charge >= 0.3 is 0 Å². The fraction of sp³-hybridized carbons (Fsp3) is 0.0526. The summed E-state index contributed by atoms with van der Waals surface area (Å²) in [5.74, 6) is 1.04. The van der Waals surface area contributed by atoms with Gasteiger partial charge in [-0.2, -0.15) is 0 Å². The molecule has 2 aliphatic rings. The molecule has 1 nitrogen and oxygen atoms in total. The highest BCUT2D eigenvalue weighted by atomic mass is 16.5. The van der Waals surface area contributed by atoms with Crippen molar-refractivity contribution in [2.45, 2.75) is 0 Å². The lowest BCUT2D eigenvalue weighted by atomic mass is 10.0. The van der Waals surface area contributed by atoms with Gasteiger partial charge < -0.3 is 4.74 Å². The standard InChI is InChI=1S/C19H12O/c1-2-4-14-13(3-1)11-18-15(14)7-8-17-16(18)6-5-12-9-10-20-19(12)17/h1-9,11H,10H2. The van der Waals surface area contributed by atoms with Gasteiger partial charge in [0.1, 0.15) is 12.4 Å². The quantitative estimate of drug-likeness (QED) is 0.469. The van der Waals surface area contributed by atoms with E-state index in [9.17, 15) is 0 Å². The highest BCUT2D eigenvalue weighted by molar-refractivity contribution is 5.96. The molecule has 5 rings (SSSR count). The van der Waals surface area contributed by atoms with Crippen molar-refractivity contribution in [3.63, 3.8) is 0 Å². The minimum Gasteiger partial charge on any atom is -0.488 e. The van der Waals surface area contributed by atoms with Crippen molar-refractivity contribution in [2.75, 3.05) is 6.61 Å². The molecule has 20 heavy (non-hydrogen) atoms. The van der Waals surface area contributed by atoms with Crippen LogP contribution >= 0.6 is 0 Å². The van der Waals surface area contributed by atoms with Crippen LogP contribution in [-0.2, 0) is 0 Å². The van der Waals surface area contributed by atoms with Crippen LogP contribution < -0.4 is 15.2 Å². The predicted octanol–water partition coefficient (Wildman–Crippen LogP) is 2.44. The molecule has 0 spiro atoms. The Kier molecular flexibility index (Phi) is 1.80. The van der Waals surface area contributed by atoms with Gasteiger partial charge in [0.25, 0.3) is 0 Å². The summed E-state index contributed by atoms with van der Waals surface area (Å²) in [4.78, 5) is 0. The second-order valence-electron chi connectivity index (χ2n) is 5.35. The number of ether oxygens (including phenoxy) is 1. The molecule has 0 radical (unpaired) electrons. The van der Waals surface area contributed by atoms with E-state index >= 15 is 0 Å². The first-order valence-electron chi connectivity index (χ1n) is 6.92. The Morgan fingerprint density at radius 3 is 2.65 bits per heavy atom. The fourth-order valence-corrected chi connectivity index (χ4v) is 3.37. The highest BCUT2D eigenvalue weighted by Gasteiger charge is 2.12. The van der Waals surface area contributed by atoms with Gasteiger partial charge in [-0.1, -0.05) is 42.5 Å². The van der Waals surface area contributed by atoms with Crippen LogP contribution in [0.2, 0.25) is 0 Å². The summed E-state index contributed by atoms with van der Waals surface area (Å²) in [5, 5.41) is 7.69. The molecule has 0 saturated heterocycles. The van der Waals surface area contributed by atoms with E-state index in [1.807, 2.05) is 0 Å². The summed E-state index contributed by atoms with van der Waals surface area (Å²) < 4.78 is 5.78. The van der Waals surface area contributed by atoms with Crippen molar-refractivity contribution >= 4 is 22.9 Å². The SMILES string of the molecule is C1=c2ccc3c4c(ccc3c2OC1)=c1ccccc1=C4. The Morgan fingerprint density at radius 1 is 0.750 bits per heavy atom. The van der Waals surface area contributed by atoms with Gasteiger partial charge in [0.15, 0.2) is 0 Å². The molecule has 0 fully saturated rings. The van der Waals surface area contributed by atoms with E-state index < -0.39 is 0 Å². The monoisotopic (exact) mass is 256 g/mol. The molecule has 0 saturated carbocycles. The summed E-state index contributed by atoms with van der Waals surface area (Å²) >= 11 is 0. The second-order valence-corrected chi connectivity index (χ2v) is 5.35. The molecule has 0 aromatic heterocycles. The van der Waals surface area contributed by atoms with Crippen LogP contribution in [0.5, 0.6) is 5.75 Å². The topological polar surface area (TPSA) is 9.23 Å². The van der Waals surface area contributed by atoms with Gasteiger partial charge in [0.05, 0.1) is 0 Å². The zero-order valence-corrected chi connectivity index (χ0v) is 10.9. The van der Waals surface area contributed by atoms with Gasteiger partial charge in [0.2, 0.25) is 0 Å². The maximum absolute atomic E-state index is 5.78. The van der Waals surface area contributed by atoms with Crippen LogP contribution in [0.4, 0.5) is 0 Å².